The lowest BCUT2D eigenvalue weighted by atomic mass is 9.76. The van der Waals surface area contributed by atoms with Gasteiger partial charge in [-0.3, -0.25) is 4.79 Å². The van der Waals surface area contributed by atoms with E-state index in [1.165, 1.54) is 4.31 Å². The van der Waals surface area contributed by atoms with Gasteiger partial charge in [-0.15, -0.1) is 0 Å². The van der Waals surface area contributed by atoms with Gasteiger partial charge in [0.05, 0.1) is 17.9 Å². The van der Waals surface area contributed by atoms with Crippen LogP contribution in [0.4, 0.5) is 11.4 Å². The molecule has 0 radical (unpaired) electrons. The SMILES string of the molecule is COc1ccc2c(c1)[C@]1(C(=O)N2)[C@H](c2ccccc2)c2oc3ccccc3c2N1S(=O)(=O)c1ccc(C)cc1. The highest BCUT2D eigenvalue weighted by molar-refractivity contribution is 7.93. The molecule has 2 aliphatic rings. The second kappa shape index (κ2) is 8.22. The van der Waals surface area contributed by atoms with Crippen LogP contribution in [-0.4, -0.2) is 21.4 Å². The predicted octanol–water partition coefficient (Wildman–Crippen LogP) is 5.94. The van der Waals surface area contributed by atoms with Crippen molar-refractivity contribution in [2.75, 3.05) is 16.7 Å². The second-order valence-electron chi connectivity index (χ2n) is 9.87. The van der Waals surface area contributed by atoms with E-state index >= 15 is 0 Å². The number of carbonyl (C=O) groups is 1. The van der Waals surface area contributed by atoms with Crippen molar-refractivity contribution >= 4 is 38.3 Å². The Morgan fingerprint density at radius 3 is 2.38 bits per heavy atom. The van der Waals surface area contributed by atoms with E-state index in [0.717, 1.165) is 11.1 Å². The van der Waals surface area contributed by atoms with E-state index in [4.69, 9.17) is 9.15 Å². The molecule has 1 spiro atoms. The molecule has 5 aromatic rings. The quantitative estimate of drug-likeness (QED) is 0.307. The number of nitrogens with one attached hydrogen (secondary N) is 1. The van der Waals surface area contributed by atoms with Gasteiger partial charge in [0.2, 0.25) is 0 Å². The van der Waals surface area contributed by atoms with Gasteiger partial charge in [-0.25, -0.2) is 12.7 Å². The molecule has 0 unspecified atom stereocenters. The fourth-order valence-electron chi connectivity index (χ4n) is 6.01. The lowest BCUT2D eigenvalue weighted by Crippen LogP contribution is -2.54. The van der Waals surface area contributed by atoms with Crippen LogP contribution < -0.4 is 14.4 Å². The second-order valence-corrected chi connectivity index (χ2v) is 11.7. The number of benzene rings is 4. The summed E-state index contributed by atoms with van der Waals surface area (Å²) in [6.07, 6.45) is 0. The molecule has 0 saturated carbocycles. The molecule has 7 rings (SSSR count). The molecule has 7 nitrogen and oxygen atoms in total. The van der Waals surface area contributed by atoms with Gasteiger partial charge >= 0.3 is 0 Å². The van der Waals surface area contributed by atoms with Crippen molar-refractivity contribution in [3.8, 4) is 5.75 Å². The summed E-state index contributed by atoms with van der Waals surface area (Å²) in [5.74, 6) is -0.290. The largest absolute Gasteiger partial charge is 0.497 e. The van der Waals surface area contributed by atoms with Crippen molar-refractivity contribution in [1.29, 1.82) is 0 Å². The number of fused-ring (bicyclic) bond motifs is 5. The fourth-order valence-corrected chi connectivity index (χ4v) is 7.79. The maximum Gasteiger partial charge on any atom is 0.265 e. The predicted molar refractivity (Wildman–Crippen MR) is 149 cm³/mol. The van der Waals surface area contributed by atoms with E-state index in [1.807, 2.05) is 61.5 Å². The topological polar surface area (TPSA) is 88.8 Å². The first-order valence-corrected chi connectivity index (χ1v) is 14.0. The maximum absolute atomic E-state index is 14.8. The van der Waals surface area contributed by atoms with Crippen LogP contribution in [0.3, 0.4) is 0 Å². The smallest absolute Gasteiger partial charge is 0.265 e. The molecule has 2 atom stereocenters. The van der Waals surface area contributed by atoms with E-state index in [9.17, 15) is 13.2 Å². The number of methoxy groups -OCH3 is 1. The zero-order valence-electron chi connectivity index (χ0n) is 21.2. The van der Waals surface area contributed by atoms with Gasteiger partial charge in [0.25, 0.3) is 15.9 Å². The Kier molecular flexibility index (Phi) is 4.96. The Hall–Kier alpha value is -4.56. The van der Waals surface area contributed by atoms with Crippen LogP contribution in [0.5, 0.6) is 5.75 Å². The van der Waals surface area contributed by atoms with Gasteiger partial charge < -0.3 is 14.5 Å². The number of para-hydroxylation sites is 1. The van der Waals surface area contributed by atoms with Gasteiger partial charge in [0.15, 0.2) is 5.54 Å². The van der Waals surface area contributed by atoms with Crippen molar-refractivity contribution in [3.63, 3.8) is 0 Å². The number of rotatable bonds is 4. The number of anilines is 2. The standard InChI is InChI=1S/C31H24N2O5S/c1-19-12-15-22(16-13-19)39(35,36)33-28-23-10-6-7-11-26(23)38-29(28)27(20-8-4-3-5-9-20)31(33)24-18-21(37-2)14-17-25(24)32-30(31)34/h3-18,27H,1-2H3,(H,32,34)/t27-,31-/m1/s1. The minimum Gasteiger partial charge on any atom is -0.497 e. The van der Waals surface area contributed by atoms with E-state index < -0.39 is 27.4 Å². The number of sulfonamides is 1. The van der Waals surface area contributed by atoms with Crippen LogP contribution in [0.25, 0.3) is 11.0 Å². The lowest BCUT2D eigenvalue weighted by molar-refractivity contribution is -0.120. The minimum absolute atomic E-state index is 0.0848. The maximum atomic E-state index is 14.8. The van der Waals surface area contributed by atoms with Crippen molar-refractivity contribution in [1.82, 2.24) is 0 Å². The van der Waals surface area contributed by atoms with Crippen molar-refractivity contribution in [2.24, 2.45) is 0 Å². The summed E-state index contributed by atoms with van der Waals surface area (Å²) in [5.41, 5.74) is 1.93. The number of hydrogen-bond acceptors (Lipinski definition) is 5. The zero-order valence-corrected chi connectivity index (χ0v) is 22.0. The first-order valence-electron chi connectivity index (χ1n) is 12.6. The highest BCUT2D eigenvalue weighted by Gasteiger charge is 2.67. The third-order valence-corrected chi connectivity index (χ3v) is 9.54. The fraction of sp³-hybridized carbons (Fsp3) is 0.129. The summed E-state index contributed by atoms with van der Waals surface area (Å²) >= 11 is 0. The minimum atomic E-state index is -4.29. The van der Waals surface area contributed by atoms with Crippen molar-refractivity contribution < 1.29 is 22.4 Å². The molecule has 8 heteroatoms. The third kappa shape index (κ3) is 3.09. The molecule has 1 aromatic heterocycles. The molecule has 194 valence electrons. The average Bonchev–Trinajstić information content (AvgIpc) is 3.56. The van der Waals surface area contributed by atoms with Gasteiger partial charge in [0, 0.05) is 16.6 Å². The van der Waals surface area contributed by atoms with Gasteiger partial charge in [0.1, 0.15) is 22.8 Å². The van der Waals surface area contributed by atoms with E-state index in [0.29, 0.717) is 39.4 Å². The Labute approximate surface area is 225 Å². The number of hydrogen-bond donors (Lipinski definition) is 1. The lowest BCUT2D eigenvalue weighted by Gasteiger charge is -2.38. The number of nitrogens with zero attached hydrogens (tertiary/aromatic N) is 1. The molecule has 0 fully saturated rings. The highest BCUT2D eigenvalue weighted by Crippen LogP contribution is 2.64. The van der Waals surface area contributed by atoms with Crippen LogP contribution in [0.2, 0.25) is 0 Å². The van der Waals surface area contributed by atoms with Crippen LogP contribution in [0, 0.1) is 6.92 Å². The molecular weight excluding hydrogens is 512 g/mol. The molecule has 0 bridgehead atoms. The van der Waals surface area contributed by atoms with Crippen molar-refractivity contribution in [2.45, 2.75) is 23.3 Å². The first-order chi connectivity index (χ1) is 18.9. The molecular formula is C31H24N2O5S. The van der Waals surface area contributed by atoms with Crippen LogP contribution >= 0.6 is 0 Å². The molecule has 0 saturated heterocycles. The summed E-state index contributed by atoms with van der Waals surface area (Å²) in [7, 11) is -2.74. The number of amides is 1. The summed E-state index contributed by atoms with van der Waals surface area (Å²) < 4.78 is 42.8. The van der Waals surface area contributed by atoms with E-state index in [2.05, 4.69) is 5.32 Å². The average molecular weight is 537 g/mol. The molecule has 39 heavy (non-hydrogen) atoms. The molecule has 0 aliphatic carbocycles. The van der Waals surface area contributed by atoms with Gasteiger partial charge in [-0.1, -0.05) is 60.2 Å². The van der Waals surface area contributed by atoms with Crippen LogP contribution in [0.1, 0.15) is 28.4 Å². The summed E-state index contributed by atoms with van der Waals surface area (Å²) in [5, 5.41) is 3.59. The Morgan fingerprint density at radius 1 is 0.923 bits per heavy atom. The van der Waals surface area contributed by atoms with E-state index in [-0.39, 0.29) is 4.90 Å². The molecule has 2 aliphatic heterocycles. The number of ether oxygens (including phenoxy) is 1. The summed E-state index contributed by atoms with van der Waals surface area (Å²) in [4.78, 5) is 14.5. The Balaban J connectivity index is 1.64. The highest BCUT2D eigenvalue weighted by atomic mass is 32.2. The van der Waals surface area contributed by atoms with E-state index in [1.54, 1.807) is 49.6 Å². The summed E-state index contributed by atoms with van der Waals surface area (Å²) in [6, 6.07) is 28.7. The normalized spacial score (nSPS) is 19.8. The molecule has 1 N–H and O–H groups in total. The zero-order chi connectivity index (χ0) is 26.9. The molecule has 3 heterocycles. The van der Waals surface area contributed by atoms with Crippen molar-refractivity contribution in [3.05, 3.63) is 120 Å². The first kappa shape index (κ1) is 23.5. The third-order valence-electron chi connectivity index (χ3n) is 7.72. The molecule has 4 aromatic carbocycles. The monoisotopic (exact) mass is 536 g/mol. The van der Waals surface area contributed by atoms with Crippen LogP contribution in [0.15, 0.2) is 106 Å². The van der Waals surface area contributed by atoms with Gasteiger partial charge in [-0.2, -0.15) is 0 Å². The Bertz CT molecular complexity index is 1880. The number of furan rings is 1. The Morgan fingerprint density at radius 2 is 1.64 bits per heavy atom. The van der Waals surface area contributed by atoms with Gasteiger partial charge in [-0.05, 0) is 55.0 Å². The number of aryl methyl sites for hydroxylation is 1. The molecule has 1 amide bonds. The van der Waals surface area contributed by atoms with Crippen LogP contribution in [-0.2, 0) is 20.4 Å². The number of carbonyl (C=O) groups excluding carboxylic acids is 1. The summed E-state index contributed by atoms with van der Waals surface area (Å²) in [6.45, 7) is 1.90.